The van der Waals surface area contributed by atoms with Crippen LogP contribution in [0.4, 0.5) is 8.78 Å². The maximum absolute atomic E-state index is 12.2. The highest BCUT2D eigenvalue weighted by Crippen LogP contribution is 2.25. The highest BCUT2D eigenvalue weighted by atomic mass is 35.5. The van der Waals surface area contributed by atoms with E-state index in [1.165, 1.54) is 14.0 Å². The molecule has 72 valence electrons. The Hall–Kier alpha value is -0.220. The van der Waals surface area contributed by atoms with E-state index in [9.17, 15) is 13.6 Å². The molecular formula is C7H11ClF2O2. The molecule has 0 aromatic rings. The summed E-state index contributed by atoms with van der Waals surface area (Å²) >= 11 is 4.53. The van der Waals surface area contributed by atoms with Crippen molar-refractivity contribution in [1.29, 1.82) is 0 Å². The molecule has 5 heteroatoms. The van der Waals surface area contributed by atoms with Crippen LogP contribution in [0.5, 0.6) is 0 Å². The zero-order valence-electron chi connectivity index (χ0n) is 6.94. The van der Waals surface area contributed by atoms with Crippen molar-refractivity contribution in [2.75, 3.05) is 13.7 Å². The molecule has 0 fully saturated rings. The van der Waals surface area contributed by atoms with Crippen LogP contribution in [0.25, 0.3) is 0 Å². The molecule has 0 saturated heterocycles. The minimum absolute atomic E-state index is 0.262. The van der Waals surface area contributed by atoms with E-state index < -0.39 is 17.1 Å². The summed E-state index contributed by atoms with van der Waals surface area (Å²) in [6, 6.07) is 0. The van der Waals surface area contributed by atoms with Gasteiger partial charge in [-0.05, 0) is 18.0 Å². The normalized spacial score (nSPS) is 14.4. The summed E-state index contributed by atoms with van der Waals surface area (Å²) in [4.78, 5) is 10.7. The van der Waals surface area contributed by atoms with Crippen molar-refractivity contribution in [1.82, 2.24) is 0 Å². The van der Waals surface area contributed by atoms with Crippen LogP contribution in [0.2, 0.25) is 0 Å². The minimum atomic E-state index is -3.74. The summed E-state index contributed by atoms with van der Waals surface area (Å²) in [7, 11) is 1.44. The molecule has 1 unspecified atom stereocenters. The molecule has 0 rings (SSSR count). The van der Waals surface area contributed by atoms with Crippen LogP contribution in [0, 0.1) is 5.92 Å². The van der Waals surface area contributed by atoms with E-state index in [4.69, 9.17) is 0 Å². The maximum atomic E-state index is 12.2. The number of rotatable bonds is 5. The second-order valence-corrected chi connectivity index (χ2v) is 3.02. The predicted molar refractivity (Wildman–Crippen MR) is 41.5 cm³/mol. The van der Waals surface area contributed by atoms with E-state index in [0.717, 1.165) is 0 Å². The Morgan fingerprint density at radius 3 is 2.50 bits per heavy atom. The molecule has 0 spiro atoms. The SMILES string of the molecule is COCCC(C)C(=O)C(F)(F)Cl. The van der Waals surface area contributed by atoms with E-state index in [-0.39, 0.29) is 13.0 Å². The van der Waals surface area contributed by atoms with Gasteiger partial charge in [0.25, 0.3) is 0 Å². The lowest BCUT2D eigenvalue weighted by atomic mass is 10.0. The number of carbonyl (C=O) groups excluding carboxylic acids is 1. The molecule has 0 radical (unpaired) electrons. The van der Waals surface area contributed by atoms with E-state index in [0.29, 0.717) is 0 Å². The van der Waals surface area contributed by atoms with Crippen molar-refractivity contribution < 1.29 is 18.3 Å². The number of halogens is 3. The summed E-state index contributed by atoms with van der Waals surface area (Å²) in [5, 5.41) is -3.74. The number of ketones is 1. The fourth-order valence-corrected chi connectivity index (χ4v) is 0.891. The standard InChI is InChI=1S/C7H11ClF2O2/c1-5(3-4-12-2)6(11)7(8,9)10/h5H,3-4H2,1-2H3. The van der Waals surface area contributed by atoms with Crippen LogP contribution in [-0.2, 0) is 9.53 Å². The Morgan fingerprint density at radius 2 is 2.17 bits per heavy atom. The van der Waals surface area contributed by atoms with Gasteiger partial charge in [0.1, 0.15) is 0 Å². The largest absolute Gasteiger partial charge is 0.385 e. The molecule has 0 aromatic carbocycles. The molecule has 0 saturated carbocycles. The number of carbonyl (C=O) groups is 1. The quantitative estimate of drug-likeness (QED) is 0.635. The number of hydrogen-bond donors (Lipinski definition) is 0. The first-order valence-corrected chi connectivity index (χ1v) is 3.87. The second kappa shape index (κ2) is 4.72. The average Bonchev–Trinajstić information content (AvgIpc) is 1.97. The molecule has 0 aliphatic rings. The van der Waals surface area contributed by atoms with E-state index in [2.05, 4.69) is 16.3 Å². The van der Waals surface area contributed by atoms with Crippen molar-refractivity contribution in [3.63, 3.8) is 0 Å². The monoisotopic (exact) mass is 200 g/mol. The topological polar surface area (TPSA) is 26.3 Å². The third-order valence-electron chi connectivity index (χ3n) is 1.48. The van der Waals surface area contributed by atoms with Crippen molar-refractivity contribution in [3.05, 3.63) is 0 Å². The van der Waals surface area contributed by atoms with E-state index in [1.807, 2.05) is 0 Å². The van der Waals surface area contributed by atoms with Gasteiger partial charge in [-0.3, -0.25) is 4.79 Å². The molecule has 2 nitrogen and oxygen atoms in total. The van der Waals surface area contributed by atoms with Gasteiger partial charge in [-0.2, -0.15) is 8.78 Å². The van der Waals surface area contributed by atoms with Crippen LogP contribution < -0.4 is 0 Å². The zero-order valence-corrected chi connectivity index (χ0v) is 7.70. The molecule has 0 amide bonds. The first kappa shape index (κ1) is 11.8. The Morgan fingerprint density at radius 1 is 1.67 bits per heavy atom. The molecular weight excluding hydrogens is 190 g/mol. The summed E-state index contributed by atoms with van der Waals surface area (Å²) in [5.41, 5.74) is 0. The van der Waals surface area contributed by atoms with Gasteiger partial charge in [0.05, 0.1) is 0 Å². The lowest BCUT2D eigenvalue weighted by Gasteiger charge is -2.12. The Kier molecular flexibility index (Phi) is 4.63. The van der Waals surface area contributed by atoms with E-state index in [1.54, 1.807) is 0 Å². The number of Topliss-reactive ketones (excluding diaryl/α,β-unsaturated/α-hetero) is 1. The summed E-state index contributed by atoms with van der Waals surface area (Å²) < 4.78 is 29.0. The van der Waals surface area contributed by atoms with Crippen LogP contribution >= 0.6 is 11.6 Å². The number of methoxy groups -OCH3 is 1. The first-order chi connectivity index (χ1) is 5.39. The average molecular weight is 201 g/mol. The molecule has 0 N–H and O–H groups in total. The van der Waals surface area contributed by atoms with Gasteiger partial charge < -0.3 is 4.74 Å². The Balaban J connectivity index is 3.94. The van der Waals surface area contributed by atoms with E-state index >= 15 is 0 Å². The maximum Gasteiger partial charge on any atom is 0.380 e. The van der Waals surface area contributed by atoms with Gasteiger partial charge >= 0.3 is 5.38 Å². The van der Waals surface area contributed by atoms with Gasteiger partial charge in [-0.15, -0.1) is 0 Å². The minimum Gasteiger partial charge on any atom is -0.385 e. The van der Waals surface area contributed by atoms with Crippen molar-refractivity contribution >= 4 is 17.4 Å². The summed E-state index contributed by atoms with van der Waals surface area (Å²) in [6.45, 7) is 1.68. The lowest BCUT2D eigenvalue weighted by Crippen LogP contribution is -2.28. The van der Waals surface area contributed by atoms with Gasteiger partial charge in [-0.1, -0.05) is 6.92 Å². The third-order valence-corrected chi connectivity index (χ3v) is 1.67. The third kappa shape index (κ3) is 3.97. The molecule has 0 aromatic heterocycles. The van der Waals surface area contributed by atoms with Gasteiger partial charge in [-0.25, -0.2) is 0 Å². The number of hydrogen-bond acceptors (Lipinski definition) is 2. The first-order valence-electron chi connectivity index (χ1n) is 3.49. The van der Waals surface area contributed by atoms with Crippen LogP contribution in [-0.4, -0.2) is 24.9 Å². The predicted octanol–water partition coefficient (Wildman–Crippen LogP) is 2.06. The number of alkyl halides is 3. The van der Waals surface area contributed by atoms with Crippen LogP contribution in [0.15, 0.2) is 0 Å². The molecule has 0 heterocycles. The van der Waals surface area contributed by atoms with Crippen molar-refractivity contribution in [2.45, 2.75) is 18.7 Å². The van der Waals surface area contributed by atoms with Crippen molar-refractivity contribution in [2.24, 2.45) is 5.92 Å². The van der Waals surface area contributed by atoms with Crippen LogP contribution in [0.3, 0.4) is 0 Å². The van der Waals surface area contributed by atoms with Gasteiger partial charge in [0.15, 0.2) is 0 Å². The second-order valence-electron chi connectivity index (χ2n) is 2.54. The smallest absolute Gasteiger partial charge is 0.380 e. The molecule has 0 aliphatic carbocycles. The summed E-state index contributed by atoms with van der Waals surface area (Å²) in [5.74, 6) is -2.02. The fourth-order valence-electron chi connectivity index (χ4n) is 0.705. The highest BCUT2D eigenvalue weighted by molar-refractivity contribution is 6.32. The molecule has 0 bridgehead atoms. The lowest BCUT2D eigenvalue weighted by molar-refractivity contribution is -0.137. The molecule has 1 atom stereocenters. The number of ether oxygens (including phenoxy) is 1. The molecule has 12 heavy (non-hydrogen) atoms. The van der Waals surface area contributed by atoms with Crippen LogP contribution in [0.1, 0.15) is 13.3 Å². The molecule has 0 aliphatic heterocycles. The zero-order chi connectivity index (χ0) is 9.78. The van der Waals surface area contributed by atoms with Gasteiger partial charge in [0, 0.05) is 19.6 Å². The fraction of sp³-hybridized carbons (Fsp3) is 0.857. The van der Waals surface area contributed by atoms with Gasteiger partial charge in [0.2, 0.25) is 5.78 Å². The Labute approximate surface area is 74.8 Å². The van der Waals surface area contributed by atoms with Crippen molar-refractivity contribution in [3.8, 4) is 0 Å². The summed E-state index contributed by atoms with van der Waals surface area (Å²) in [6.07, 6.45) is 0.262. The Bertz CT molecular complexity index is 156. The highest BCUT2D eigenvalue weighted by Gasteiger charge is 2.38.